The number of hydrogen-bond donors (Lipinski definition) is 1. The Hall–Kier alpha value is -2.51. The van der Waals surface area contributed by atoms with Crippen LogP contribution in [0.15, 0.2) is 41.5 Å². The van der Waals surface area contributed by atoms with E-state index in [1.807, 2.05) is 51.1 Å². The molecule has 0 radical (unpaired) electrons. The van der Waals surface area contributed by atoms with Gasteiger partial charge in [-0.2, -0.15) is 0 Å². The number of carbonyl (C=O) groups is 1. The summed E-state index contributed by atoms with van der Waals surface area (Å²) in [6.07, 6.45) is 2.37. The summed E-state index contributed by atoms with van der Waals surface area (Å²) in [5.74, 6) is -0.205. The van der Waals surface area contributed by atoms with Crippen LogP contribution in [0.5, 0.6) is 0 Å². The molecule has 7 heteroatoms. The molecule has 3 rings (SSSR count). The summed E-state index contributed by atoms with van der Waals surface area (Å²) in [6, 6.07) is 9.95. The lowest BCUT2D eigenvalue weighted by Crippen LogP contribution is -2.33. The van der Waals surface area contributed by atoms with Crippen LogP contribution in [-0.4, -0.2) is 34.7 Å². The van der Waals surface area contributed by atoms with Crippen LogP contribution in [0.1, 0.15) is 25.8 Å². The molecule has 0 atom stereocenters. The molecule has 0 spiro atoms. The maximum Gasteiger partial charge on any atom is 0.262 e. The second kappa shape index (κ2) is 9.12. The van der Waals surface area contributed by atoms with Crippen LogP contribution in [0.3, 0.4) is 0 Å². The van der Waals surface area contributed by atoms with Crippen molar-refractivity contribution in [2.45, 2.75) is 39.8 Å². The largest absolute Gasteiger partial charge is 0.379 e. The molecule has 3 aromatic rings. The highest BCUT2D eigenvalue weighted by Crippen LogP contribution is 2.35. The third kappa shape index (κ3) is 4.66. The van der Waals surface area contributed by atoms with Gasteiger partial charge in [0.2, 0.25) is 5.91 Å². The number of nitrogens with one attached hydrogen (secondary N) is 1. The van der Waals surface area contributed by atoms with E-state index >= 15 is 0 Å². The molecule has 1 N–H and O–H groups in total. The highest BCUT2D eigenvalue weighted by Gasteiger charge is 2.16. The Bertz CT molecular complexity index is 1010. The topological polar surface area (TPSA) is 73.2 Å². The second-order valence-electron chi connectivity index (χ2n) is 6.90. The van der Waals surface area contributed by atoms with Gasteiger partial charge in [-0.15, -0.1) is 11.3 Å². The molecule has 2 aromatic heterocycles. The fourth-order valence-electron chi connectivity index (χ4n) is 2.97. The molecule has 1 amide bonds. The lowest BCUT2D eigenvalue weighted by molar-refractivity contribution is -0.121. The van der Waals surface area contributed by atoms with E-state index in [1.54, 1.807) is 0 Å². The van der Waals surface area contributed by atoms with Crippen molar-refractivity contribution in [3.05, 3.63) is 52.6 Å². The molecule has 0 aliphatic rings. The number of thiophene rings is 1. The summed E-state index contributed by atoms with van der Waals surface area (Å²) in [4.78, 5) is 31.2. The van der Waals surface area contributed by atoms with Gasteiger partial charge in [-0.3, -0.25) is 14.2 Å². The molecule has 0 unspecified atom stereocenters. The van der Waals surface area contributed by atoms with Crippen LogP contribution in [0.25, 0.3) is 20.7 Å². The molecule has 0 saturated heterocycles. The normalized spacial score (nSPS) is 11.3. The van der Waals surface area contributed by atoms with Gasteiger partial charge in [0.1, 0.15) is 11.4 Å². The van der Waals surface area contributed by atoms with Gasteiger partial charge >= 0.3 is 0 Å². The summed E-state index contributed by atoms with van der Waals surface area (Å²) in [7, 11) is 0. The Morgan fingerprint density at radius 1 is 1.29 bits per heavy atom. The first kappa shape index (κ1) is 20.2. The van der Waals surface area contributed by atoms with Gasteiger partial charge in [-0.25, -0.2) is 4.98 Å². The number of rotatable bonds is 8. The predicted molar refractivity (Wildman–Crippen MR) is 113 cm³/mol. The van der Waals surface area contributed by atoms with Crippen LogP contribution >= 0.6 is 11.3 Å². The number of ether oxygens (including phenoxy) is 1. The maximum absolute atomic E-state index is 12.9. The van der Waals surface area contributed by atoms with Gasteiger partial charge in [0.05, 0.1) is 17.8 Å². The second-order valence-corrected chi connectivity index (χ2v) is 7.90. The number of amides is 1. The first-order valence-corrected chi connectivity index (χ1v) is 10.2. The van der Waals surface area contributed by atoms with E-state index < -0.39 is 0 Å². The van der Waals surface area contributed by atoms with Crippen molar-refractivity contribution in [1.82, 2.24) is 14.9 Å². The van der Waals surface area contributed by atoms with Crippen molar-refractivity contribution >= 4 is 27.5 Å². The molecule has 0 aliphatic carbocycles. The van der Waals surface area contributed by atoms with Crippen LogP contribution < -0.4 is 10.9 Å². The summed E-state index contributed by atoms with van der Waals surface area (Å²) in [5, 5.41) is 3.41. The molecule has 0 saturated carbocycles. The highest BCUT2D eigenvalue weighted by molar-refractivity contribution is 7.22. The molecular weight excluding hydrogens is 374 g/mol. The molecule has 0 aliphatic heterocycles. The monoisotopic (exact) mass is 399 g/mol. The fourth-order valence-corrected chi connectivity index (χ4v) is 4.11. The van der Waals surface area contributed by atoms with Gasteiger partial charge in [0, 0.05) is 18.0 Å². The summed E-state index contributed by atoms with van der Waals surface area (Å²) in [6.45, 7) is 6.97. The minimum absolute atomic E-state index is 0.0389. The highest BCUT2D eigenvalue weighted by atomic mass is 32.1. The minimum atomic E-state index is -0.205. The van der Waals surface area contributed by atoms with Gasteiger partial charge in [0.25, 0.3) is 5.56 Å². The Kier molecular flexibility index (Phi) is 6.59. The lowest BCUT2D eigenvalue weighted by atomic mass is 10.1. The standard InChI is InChI=1S/C21H25N3O3S/c1-14(2)27-11-7-10-22-17(25)12-24-13-23-20-18(21(24)26)15(3)19(28-20)16-8-5-4-6-9-16/h4-6,8-9,13-14H,7,10-12H2,1-3H3,(H,22,25). The molecule has 2 heterocycles. The van der Waals surface area contributed by atoms with E-state index in [1.165, 1.54) is 22.2 Å². The summed E-state index contributed by atoms with van der Waals surface area (Å²) < 4.78 is 6.82. The number of aromatic nitrogens is 2. The molecular formula is C21H25N3O3S. The third-order valence-electron chi connectivity index (χ3n) is 4.36. The van der Waals surface area contributed by atoms with Crippen molar-refractivity contribution in [2.24, 2.45) is 0 Å². The molecule has 28 heavy (non-hydrogen) atoms. The van der Waals surface area contributed by atoms with Crippen molar-refractivity contribution in [3.8, 4) is 10.4 Å². The van der Waals surface area contributed by atoms with E-state index in [9.17, 15) is 9.59 Å². The number of fused-ring (bicyclic) bond motifs is 1. The minimum Gasteiger partial charge on any atom is -0.379 e. The van der Waals surface area contributed by atoms with Crippen LogP contribution in [0.2, 0.25) is 0 Å². The number of benzene rings is 1. The zero-order valence-electron chi connectivity index (χ0n) is 16.4. The molecule has 6 nitrogen and oxygen atoms in total. The molecule has 0 bridgehead atoms. The van der Waals surface area contributed by atoms with Gasteiger partial charge in [0.15, 0.2) is 0 Å². The Morgan fingerprint density at radius 2 is 2.04 bits per heavy atom. The van der Waals surface area contributed by atoms with Crippen molar-refractivity contribution < 1.29 is 9.53 Å². The summed E-state index contributed by atoms with van der Waals surface area (Å²) in [5.41, 5.74) is 1.79. The van der Waals surface area contributed by atoms with E-state index in [-0.39, 0.29) is 24.1 Å². The average Bonchev–Trinajstić information content (AvgIpc) is 3.01. The van der Waals surface area contributed by atoms with Crippen LogP contribution in [0.4, 0.5) is 0 Å². The number of hydrogen-bond acceptors (Lipinski definition) is 5. The van der Waals surface area contributed by atoms with Gasteiger partial charge in [-0.1, -0.05) is 30.3 Å². The predicted octanol–water partition coefficient (Wildman–Crippen LogP) is 3.36. The molecule has 0 fully saturated rings. The average molecular weight is 400 g/mol. The maximum atomic E-state index is 12.9. The number of aryl methyl sites for hydroxylation is 1. The van der Waals surface area contributed by atoms with Crippen LogP contribution in [0, 0.1) is 6.92 Å². The van der Waals surface area contributed by atoms with Crippen molar-refractivity contribution in [3.63, 3.8) is 0 Å². The number of nitrogens with zero attached hydrogens (tertiary/aromatic N) is 2. The SMILES string of the molecule is Cc1c(-c2ccccc2)sc2ncn(CC(=O)NCCCOC(C)C)c(=O)c12. The zero-order valence-corrected chi connectivity index (χ0v) is 17.2. The summed E-state index contributed by atoms with van der Waals surface area (Å²) >= 11 is 1.50. The number of carbonyl (C=O) groups excluding carboxylic acids is 1. The molecule has 148 valence electrons. The lowest BCUT2D eigenvalue weighted by Gasteiger charge is -2.09. The molecule has 1 aromatic carbocycles. The third-order valence-corrected chi connectivity index (χ3v) is 5.61. The Labute approximate surface area is 168 Å². The first-order chi connectivity index (χ1) is 13.5. The van der Waals surface area contributed by atoms with Gasteiger partial charge < -0.3 is 10.1 Å². The smallest absolute Gasteiger partial charge is 0.262 e. The van der Waals surface area contributed by atoms with Crippen molar-refractivity contribution in [2.75, 3.05) is 13.2 Å². The van der Waals surface area contributed by atoms with Gasteiger partial charge in [-0.05, 0) is 38.3 Å². The fraction of sp³-hybridized carbons (Fsp3) is 0.381. The van der Waals surface area contributed by atoms with E-state index in [2.05, 4.69) is 10.3 Å². The van der Waals surface area contributed by atoms with E-state index in [0.717, 1.165) is 22.4 Å². The quantitative estimate of drug-likeness (QED) is 0.590. The zero-order chi connectivity index (χ0) is 20.1. The van der Waals surface area contributed by atoms with Crippen molar-refractivity contribution in [1.29, 1.82) is 0 Å². The van der Waals surface area contributed by atoms with E-state index in [4.69, 9.17) is 4.74 Å². The Morgan fingerprint density at radius 3 is 2.75 bits per heavy atom. The Balaban J connectivity index is 1.73. The first-order valence-electron chi connectivity index (χ1n) is 9.39. The van der Waals surface area contributed by atoms with Crippen LogP contribution in [-0.2, 0) is 16.1 Å². The van der Waals surface area contributed by atoms with E-state index in [0.29, 0.717) is 23.4 Å².